The van der Waals surface area contributed by atoms with E-state index in [-0.39, 0.29) is 23.1 Å². The zero-order valence-electron chi connectivity index (χ0n) is 15.4. The number of aryl methyl sites for hydroxylation is 1. The van der Waals surface area contributed by atoms with Crippen LogP contribution in [0.3, 0.4) is 0 Å². The minimum absolute atomic E-state index is 0.0272. The summed E-state index contributed by atoms with van der Waals surface area (Å²) >= 11 is 3.47. The molecular formula is C21H20BrN3O3. The van der Waals surface area contributed by atoms with Gasteiger partial charge in [-0.3, -0.25) is 4.79 Å². The van der Waals surface area contributed by atoms with Crippen LogP contribution < -0.4 is 16.0 Å². The second kappa shape index (κ2) is 7.46. The molecule has 2 aliphatic heterocycles. The molecule has 2 aliphatic rings. The van der Waals surface area contributed by atoms with Gasteiger partial charge in [0.1, 0.15) is 17.4 Å². The highest BCUT2D eigenvalue weighted by atomic mass is 79.9. The van der Waals surface area contributed by atoms with Crippen molar-refractivity contribution in [2.24, 2.45) is 5.73 Å². The number of pyridine rings is 1. The Hall–Kier alpha value is -2.56. The minimum atomic E-state index is -0.574. The molecule has 0 radical (unpaired) electrons. The molecule has 1 aromatic heterocycles. The molecule has 144 valence electrons. The summed E-state index contributed by atoms with van der Waals surface area (Å²) in [5, 5.41) is 9.72. The van der Waals surface area contributed by atoms with Gasteiger partial charge in [0.15, 0.2) is 0 Å². The summed E-state index contributed by atoms with van der Waals surface area (Å²) < 4.78 is 14.0. The topological polar surface area (TPSA) is 90.3 Å². The SMILES string of the molecule is Cc1cc2c(c(=O)n1CC1CCCO1)C(c1cccc(Br)c1)C(C#N)=C(N)O2. The smallest absolute Gasteiger partial charge is 0.258 e. The maximum Gasteiger partial charge on any atom is 0.258 e. The molecule has 7 heteroatoms. The van der Waals surface area contributed by atoms with Gasteiger partial charge < -0.3 is 19.8 Å². The van der Waals surface area contributed by atoms with Crippen molar-refractivity contribution in [2.45, 2.75) is 38.3 Å². The molecule has 0 amide bonds. The number of fused-ring (bicyclic) bond motifs is 1. The van der Waals surface area contributed by atoms with Crippen LogP contribution in [0.5, 0.6) is 5.75 Å². The van der Waals surface area contributed by atoms with E-state index in [2.05, 4.69) is 22.0 Å². The van der Waals surface area contributed by atoms with E-state index in [4.69, 9.17) is 15.2 Å². The molecule has 2 aromatic rings. The zero-order chi connectivity index (χ0) is 19.8. The second-order valence-corrected chi connectivity index (χ2v) is 8.01. The average Bonchev–Trinajstić information content (AvgIpc) is 3.17. The van der Waals surface area contributed by atoms with Gasteiger partial charge in [-0.25, -0.2) is 0 Å². The van der Waals surface area contributed by atoms with Gasteiger partial charge in [0.2, 0.25) is 5.88 Å². The normalized spacial score (nSPS) is 21.2. The van der Waals surface area contributed by atoms with Gasteiger partial charge in [-0.1, -0.05) is 28.1 Å². The molecule has 28 heavy (non-hydrogen) atoms. The lowest BCUT2D eigenvalue weighted by atomic mass is 9.84. The molecule has 4 rings (SSSR count). The van der Waals surface area contributed by atoms with Crippen LogP contribution in [0.25, 0.3) is 0 Å². The Bertz CT molecular complexity index is 1060. The Balaban J connectivity index is 1.90. The summed E-state index contributed by atoms with van der Waals surface area (Å²) in [6.07, 6.45) is 1.97. The lowest BCUT2D eigenvalue weighted by Crippen LogP contribution is -2.35. The van der Waals surface area contributed by atoms with E-state index in [0.717, 1.165) is 35.2 Å². The van der Waals surface area contributed by atoms with E-state index in [9.17, 15) is 10.1 Å². The van der Waals surface area contributed by atoms with Crippen LogP contribution in [0.1, 0.15) is 35.6 Å². The van der Waals surface area contributed by atoms with Crippen LogP contribution in [0.4, 0.5) is 0 Å². The molecule has 0 bridgehead atoms. The Morgan fingerprint density at radius 2 is 2.21 bits per heavy atom. The first-order valence-electron chi connectivity index (χ1n) is 9.18. The molecule has 1 saturated heterocycles. The molecule has 3 heterocycles. The molecule has 0 spiro atoms. The van der Waals surface area contributed by atoms with Crippen LogP contribution in [-0.2, 0) is 11.3 Å². The van der Waals surface area contributed by atoms with Gasteiger partial charge in [-0.05, 0) is 37.5 Å². The minimum Gasteiger partial charge on any atom is -0.440 e. The lowest BCUT2D eigenvalue weighted by Gasteiger charge is -2.28. The summed E-state index contributed by atoms with van der Waals surface area (Å²) in [5.74, 6) is -0.127. The van der Waals surface area contributed by atoms with Crippen molar-refractivity contribution in [1.82, 2.24) is 4.57 Å². The van der Waals surface area contributed by atoms with Crippen molar-refractivity contribution in [3.8, 4) is 11.8 Å². The number of nitriles is 1. The fourth-order valence-electron chi connectivity index (χ4n) is 3.92. The highest BCUT2D eigenvalue weighted by Crippen LogP contribution is 2.41. The van der Waals surface area contributed by atoms with Crippen molar-refractivity contribution in [1.29, 1.82) is 5.26 Å². The van der Waals surface area contributed by atoms with Crippen molar-refractivity contribution < 1.29 is 9.47 Å². The maximum atomic E-state index is 13.5. The molecule has 6 nitrogen and oxygen atoms in total. The number of hydrogen-bond acceptors (Lipinski definition) is 5. The van der Waals surface area contributed by atoms with Crippen molar-refractivity contribution in [3.05, 3.63) is 73.4 Å². The number of benzene rings is 1. The number of halogens is 1. The Labute approximate surface area is 171 Å². The Kier molecular flexibility index (Phi) is 5.00. The second-order valence-electron chi connectivity index (χ2n) is 7.09. The van der Waals surface area contributed by atoms with Gasteiger partial charge in [0.05, 0.1) is 24.1 Å². The quantitative estimate of drug-likeness (QED) is 0.788. The summed E-state index contributed by atoms with van der Waals surface area (Å²) in [4.78, 5) is 13.5. The molecular weight excluding hydrogens is 422 g/mol. The molecule has 2 unspecified atom stereocenters. The van der Waals surface area contributed by atoms with Crippen LogP contribution in [0.15, 0.2) is 51.1 Å². The van der Waals surface area contributed by atoms with Crippen LogP contribution >= 0.6 is 15.9 Å². The van der Waals surface area contributed by atoms with Crippen molar-refractivity contribution >= 4 is 15.9 Å². The third-order valence-corrected chi connectivity index (χ3v) is 5.78. The monoisotopic (exact) mass is 441 g/mol. The molecule has 0 aliphatic carbocycles. The van der Waals surface area contributed by atoms with Gasteiger partial charge in [-0.15, -0.1) is 0 Å². The highest BCUT2D eigenvalue weighted by molar-refractivity contribution is 9.10. The largest absolute Gasteiger partial charge is 0.440 e. The third-order valence-electron chi connectivity index (χ3n) is 5.28. The summed E-state index contributed by atoms with van der Waals surface area (Å²) in [5.41, 5.74) is 8.13. The van der Waals surface area contributed by atoms with Crippen molar-refractivity contribution in [2.75, 3.05) is 6.61 Å². The van der Waals surface area contributed by atoms with E-state index < -0.39 is 5.92 Å². The standard InChI is InChI=1S/C21H20BrN3O3/c1-12-8-17-19(21(26)25(12)11-15-6-3-7-27-15)18(16(10-23)20(24)28-17)13-4-2-5-14(22)9-13/h2,4-5,8-9,15,18H,3,6-7,11,24H2,1H3. The number of ether oxygens (including phenoxy) is 2. The Morgan fingerprint density at radius 3 is 2.89 bits per heavy atom. The predicted octanol–water partition coefficient (Wildman–Crippen LogP) is 3.32. The first-order chi connectivity index (χ1) is 13.5. The molecule has 1 aromatic carbocycles. The van der Waals surface area contributed by atoms with Crippen LogP contribution in [0.2, 0.25) is 0 Å². The molecule has 2 N–H and O–H groups in total. The maximum absolute atomic E-state index is 13.5. The average molecular weight is 442 g/mol. The lowest BCUT2D eigenvalue weighted by molar-refractivity contribution is 0.0955. The number of allylic oxidation sites excluding steroid dienone is 1. The van der Waals surface area contributed by atoms with Crippen LogP contribution in [0, 0.1) is 18.3 Å². The van der Waals surface area contributed by atoms with Gasteiger partial charge in [-0.2, -0.15) is 5.26 Å². The summed E-state index contributed by atoms with van der Waals surface area (Å²) in [7, 11) is 0. The third kappa shape index (κ3) is 3.23. The fraction of sp³-hybridized carbons (Fsp3) is 0.333. The van der Waals surface area contributed by atoms with E-state index in [0.29, 0.717) is 17.9 Å². The van der Waals surface area contributed by atoms with E-state index in [1.165, 1.54) is 0 Å². The first kappa shape index (κ1) is 18.8. The fourth-order valence-corrected chi connectivity index (χ4v) is 4.34. The molecule has 2 atom stereocenters. The Morgan fingerprint density at radius 1 is 1.39 bits per heavy atom. The number of aromatic nitrogens is 1. The van der Waals surface area contributed by atoms with E-state index in [1.54, 1.807) is 4.57 Å². The molecule has 0 saturated carbocycles. The predicted molar refractivity (Wildman–Crippen MR) is 108 cm³/mol. The van der Waals surface area contributed by atoms with Crippen molar-refractivity contribution in [3.63, 3.8) is 0 Å². The summed E-state index contributed by atoms with van der Waals surface area (Å²) in [6.45, 7) is 3.09. The highest BCUT2D eigenvalue weighted by Gasteiger charge is 2.34. The van der Waals surface area contributed by atoms with Gasteiger partial charge in [0, 0.05) is 22.8 Å². The van der Waals surface area contributed by atoms with Crippen LogP contribution in [-0.4, -0.2) is 17.3 Å². The zero-order valence-corrected chi connectivity index (χ0v) is 17.0. The van der Waals surface area contributed by atoms with E-state index >= 15 is 0 Å². The van der Waals surface area contributed by atoms with Gasteiger partial charge >= 0.3 is 0 Å². The number of nitrogens with two attached hydrogens (primary N) is 1. The number of nitrogens with zero attached hydrogens (tertiary/aromatic N) is 2. The first-order valence-corrected chi connectivity index (χ1v) is 9.98. The molecule has 1 fully saturated rings. The van der Waals surface area contributed by atoms with Gasteiger partial charge in [0.25, 0.3) is 5.56 Å². The van der Waals surface area contributed by atoms with E-state index in [1.807, 2.05) is 37.3 Å². The number of rotatable bonds is 3. The number of hydrogen-bond donors (Lipinski definition) is 1. The summed E-state index contributed by atoms with van der Waals surface area (Å²) in [6, 6.07) is 11.5.